The van der Waals surface area contributed by atoms with Crippen LogP contribution in [0.3, 0.4) is 0 Å². The highest BCUT2D eigenvalue weighted by atomic mass is 32.1. The third kappa shape index (κ3) is 2.81. The van der Waals surface area contributed by atoms with Crippen LogP contribution in [0, 0.1) is 0 Å². The summed E-state index contributed by atoms with van der Waals surface area (Å²) in [5, 5.41) is 3.11. The van der Waals surface area contributed by atoms with Gasteiger partial charge in [0.15, 0.2) is 0 Å². The van der Waals surface area contributed by atoms with Crippen molar-refractivity contribution in [3.8, 4) is 0 Å². The highest BCUT2D eigenvalue weighted by Crippen LogP contribution is 2.19. The quantitative estimate of drug-likeness (QED) is 0.689. The lowest BCUT2D eigenvalue weighted by Crippen LogP contribution is -2.15. The van der Waals surface area contributed by atoms with Gasteiger partial charge in [0.2, 0.25) is 0 Å². The molecule has 1 aromatic rings. The Morgan fingerprint density at radius 3 is 2.85 bits per heavy atom. The van der Waals surface area contributed by atoms with Crippen LogP contribution in [-0.2, 0) is 11.3 Å². The van der Waals surface area contributed by atoms with Gasteiger partial charge in [0, 0.05) is 18.3 Å². The Kier molecular flexibility index (Phi) is 3.42. The van der Waals surface area contributed by atoms with E-state index in [4.69, 9.17) is 0 Å². The van der Waals surface area contributed by atoms with E-state index in [1.807, 2.05) is 5.38 Å². The first kappa shape index (κ1) is 10.2. The number of thiazole rings is 1. The molecule has 0 atom stereocenters. The molecule has 0 saturated heterocycles. The van der Waals surface area contributed by atoms with Crippen molar-refractivity contribution >= 4 is 17.7 Å². The number of nitrogens with zero attached hydrogens (tertiary/aromatic N) is 2. The zero-order chi connectivity index (χ0) is 9.84. The molecule has 0 saturated carbocycles. The number of amides is 1. The van der Waals surface area contributed by atoms with Gasteiger partial charge in [-0.3, -0.25) is 4.79 Å². The van der Waals surface area contributed by atoms with E-state index in [1.165, 1.54) is 4.90 Å². The number of carbonyl (C=O) groups excluding carboxylic acids is 1. The van der Waals surface area contributed by atoms with Crippen LogP contribution in [0.5, 0.6) is 0 Å². The van der Waals surface area contributed by atoms with E-state index in [-0.39, 0.29) is 0 Å². The smallest absolute Gasteiger partial charge is 0.312 e. The van der Waals surface area contributed by atoms with E-state index in [9.17, 15) is 4.79 Å². The fourth-order valence-corrected chi connectivity index (χ4v) is 1.76. The SMILES string of the molecule is CC(C)c1nc(CN(C)[C]=O)cs1. The van der Waals surface area contributed by atoms with Gasteiger partial charge in [0.25, 0.3) is 0 Å². The van der Waals surface area contributed by atoms with Crippen LogP contribution in [0.4, 0.5) is 0 Å². The van der Waals surface area contributed by atoms with Crippen LogP contribution in [0.25, 0.3) is 0 Å². The van der Waals surface area contributed by atoms with E-state index in [2.05, 4.69) is 18.8 Å². The normalized spacial score (nSPS) is 10.5. The first-order chi connectivity index (χ1) is 6.13. The van der Waals surface area contributed by atoms with E-state index in [0.717, 1.165) is 10.7 Å². The second kappa shape index (κ2) is 4.37. The molecule has 0 aliphatic carbocycles. The highest BCUT2D eigenvalue weighted by Gasteiger charge is 2.06. The Labute approximate surface area is 82.4 Å². The lowest BCUT2D eigenvalue weighted by atomic mass is 10.2. The van der Waals surface area contributed by atoms with Crippen molar-refractivity contribution < 1.29 is 4.79 Å². The second-order valence-electron chi connectivity index (χ2n) is 3.28. The minimum absolute atomic E-state index is 0.462. The maximum Gasteiger partial charge on any atom is 0.312 e. The number of hydrogen-bond donors (Lipinski definition) is 0. The first-order valence-electron chi connectivity index (χ1n) is 4.16. The molecule has 0 aliphatic heterocycles. The second-order valence-corrected chi connectivity index (χ2v) is 4.17. The summed E-state index contributed by atoms with van der Waals surface area (Å²) in [4.78, 5) is 16.1. The van der Waals surface area contributed by atoms with Gasteiger partial charge >= 0.3 is 6.41 Å². The van der Waals surface area contributed by atoms with Crippen molar-refractivity contribution in [2.75, 3.05) is 7.05 Å². The van der Waals surface area contributed by atoms with Crippen molar-refractivity contribution in [3.63, 3.8) is 0 Å². The largest absolute Gasteiger partial charge is 0.332 e. The van der Waals surface area contributed by atoms with Gasteiger partial charge in [-0.25, -0.2) is 4.98 Å². The van der Waals surface area contributed by atoms with E-state index in [0.29, 0.717) is 12.5 Å². The Morgan fingerprint density at radius 2 is 2.38 bits per heavy atom. The molecule has 1 amide bonds. The predicted molar refractivity (Wildman–Crippen MR) is 53.4 cm³/mol. The van der Waals surface area contributed by atoms with E-state index in [1.54, 1.807) is 24.8 Å². The molecule has 4 heteroatoms. The molecular weight excluding hydrogens is 184 g/mol. The summed E-state index contributed by atoms with van der Waals surface area (Å²) in [7, 11) is 1.70. The average Bonchev–Trinajstić information content (AvgIpc) is 2.52. The molecule has 13 heavy (non-hydrogen) atoms. The monoisotopic (exact) mass is 197 g/mol. The molecule has 0 bridgehead atoms. The molecule has 0 fully saturated rings. The third-order valence-electron chi connectivity index (χ3n) is 1.62. The van der Waals surface area contributed by atoms with Gasteiger partial charge in [-0.15, -0.1) is 11.3 Å². The lowest BCUT2D eigenvalue weighted by Gasteiger charge is -2.05. The van der Waals surface area contributed by atoms with E-state index >= 15 is 0 Å². The zero-order valence-corrected chi connectivity index (χ0v) is 8.89. The van der Waals surface area contributed by atoms with Gasteiger partial charge in [-0.2, -0.15) is 0 Å². The summed E-state index contributed by atoms with van der Waals surface area (Å²) in [6.45, 7) is 4.77. The number of hydrogen-bond acceptors (Lipinski definition) is 3. The fourth-order valence-electron chi connectivity index (χ4n) is 0.936. The highest BCUT2D eigenvalue weighted by molar-refractivity contribution is 7.09. The Morgan fingerprint density at radius 1 is 1.69 bits per heavy atom. The molecular formula is C9H13N2OS. The van der Waals surface area contributed by atoms with Crippen molar-refractivity contribution in [1.29, 1.82) is 0 Å². The van der Waals surface area contributed by atoms with Crippen LogP contribution in [0.2, 0.25) is 0 Å². The van der Waals surface area contributed by atoms with Crippen molar-refractivity contribution in [2.24, 2.45) is 0 Å². The minimum atomic E-state index is 0.462. The van der Waals surface area contributed by atoms with Crippen LogP contribution >= 0.6 is 11.3 Å². The van der Waals surface area contributed by atoms with Crippen LogP contribution < -0.4 is 0 Å². The third-order valence-corrected chi connectivity index (χ3v) is 2.81. The topological polar surface area (TPSA) is 33.2 Å². The first-order valence-corrected chi connectivity index (χ1v) is 5.04. The van der Waals surface area contributed by atoms with Crippen LogP contribution in [0.15, 0.2) is 5.38 Å². The van der Waals surface area contributed by atoms with Gasteiger partial charge in [-0.1, -0.05) is 13.8 Å². The molecule has 0 spiro atoms. The van der Waals surface area contributed by atoms with Gasteiger partial charge in [-0.05, 0) is 0 Å². The Balaban J connectivity index is 2.63. The van der Waals surface area contributed by atoms with Crippen molar-refractivity contribution in [1.82, 2.24) is 9.88 Å². The van der Waals surface area contributed by atoms with Crippen molar-refractivity contribution in [3.05, 3.63) is 16.1 Å². The summed E-state index contributed by atoms with van der Waals surface area (Å²) >= 11 is 1.64. The molecule has 0 N–H and O–H groups in total. The minimum Gasteiger partial charge on any atom is -0.332 e. The van der Waals surface area contributed by atoms with Crippen LogP contribution in [0.1, 0.15) is 30.5 Å². The average molecular weight is 197 g/mol. The molecule has 71 valence electrons. The molecule has 0 aromatic carbocycles. The molecule has 3 nitrogen and oxygen atoms in total. The summed E-state index contributed by atoms with van der Waals surface area (Å²) in [5.41, 5.74) is 0.944. The zero-order valence-electron chi connectivity index (χ0n) is 8.07. The standard InChI is InChI=1S/C9H13N2OS/c1-7(2)9-10-8(5-13-9)4-11(3)6-12/h5,7H,4H2,1-3H3. The molecule has 0 unspecified atom stereocenters. The van der Waals surface area contributed by atoms with Gasteiger partial charge < -0.3 is 4.90 Å². The summed E-state index contributed by atoms with van der Waals surface area (Å²) in [6, 6.07) is 0. The summed E-state index contributed by atoms with van der Waals surface area (Å²) in [5.74, 6) is 0.462. The van der Waals surface area contributed by atoms with Gasteiger partial charge in [0.05, 0.1) is 17.2 Å². The predicted octanol–water partition coefficient (Wildman–Crippen LogP) is 1.77. The van der Waals surface area contributed by atoms with Crippen LogP contribution in [-0.4, -0.2) is 23.3 Å². The molecule has 1 aromatic heterocycles. The maximum absolute atomic E-state index is 10.2. The molecule has 0 aliphatic rings. The van der Waals surface area contributed by atoms with Gasteiger partial charge in [0.1, 0.15) is 0 Å². The fraction of sp³-hybridized carbons (Fsp3) is 0.556. The van der Waals surface area contributed by atoms with Crippen molar-refractivity contribution in [2.45, 2.75) is 26.3 Å². The maximum atomic E-state index is 10.2. The Bertz CT molecular complexity index is 283. The van der Waals surface area contributed by atoms with E-state index < -0.39 is 0 Å². The molecule has 1 radical (unpaired) electrons. The lowest BCUT2D eigenvalue weighted by molar-refractivity contribution is 0.427. The molecule has 1 rings (SSSR count). The number of aromatic nitrogens is 1. The summed E-state index contributed by atoms with van der Waals surface area (Å²) < 4.78 is 0. The molecule has 1 heterocycles. The Hall–Kier alpha value is -0.900. The number of rotatable bonds is 4. The summed E-state index contributed by atoms with van der Waals surface area (Å²) in [6.07, 6.45) is 1.80.